The molecule has 0 bridgehead atoms. The number of aryl methyl sites for hydroxylation is 2. The van der Waals surface area contributed by atoms with Crippen LogP contribution in [0.3, 0.4) is 0 Å². The summed E-state index contributed by atoms with van der Waals surface area (Å²) in [6.07, 6.45) is 7.67. The van der Waals surface area contributed by atoms with Crippen molar-refractivity contribution >= 4 is 16.9 Å². The van der Waals surface area contributed by atoms with Crippen LogP contribution in [0.2, 0.25) is 0 Å². The minimum absolute atomic E-state index is 0.181. The Kier molecular flexibility index (Phi) is 7.93. The van der Waals surface area contributed by atoms with E-state index in [9.17, 15) is 4.79 Å². The number of hydrogen-bond donors (Lipinski definition) is 0. The molecule has 2 unspecified atom stereocenters. The third-order valence-electron chi connectivity index (χ3n) is 5.04. The summed E-state index contributed by atoms with van der Waals surface area (Å²) in [7, 11) is 7.91. The Morgan fingerprint density at radius 3 is 1.47 bits per heavy atom. The van der Waals surface area contributed by atoms with Gasteiger partial charge in [-0.1, -0.05) is 13.8 Å². The van der Waals surface area contributed by atoms with Gasteiger partial charge in [-0.25, -0.2) is 0 Å². The van der Waals surface area contributed by atoms with Crippen molar-refractivity contribution in [3.05, 3.63) is 71.6 Å². The van der Waals surface area contributed by atoms with Gasteiger partial charge < -0.3 is 9.80 Å². The highest BCUT2D eigenvalue weighted by molar-refractivity contribution is 6.00. The van der Waals surface area contributed by atoms with Gasteiger partial charge in [0.05, 0.1) is 0 Å². The molecular weight excluding hydrogens is 372 g/mol. The number of Topliss-reactive ketones (excluding diaryl/α,β-unsaturated/α-hetero) is 1. The average molecular weight is 407 g/mol. The van der Waals surface area contributed by atoms with Gasteiger partial charge in [0.25, 0.3) is 0 Å². The fourth-order valence-electron chi connectivity index (χ4n) is 3.56. The number of allylic oxidation sites excluding steroid dienone is 2. The zero-order valence-corrected chi connectivity index (χ0v) is 19.5. The molecular formula is C25H34N4O. The van der Waals surface area contributed by atoms with Crippen LogP contribution in [0.5, 0.6) is 0 Å². The summed E-state index contributed by atoms with van der Waals surface area (Å²) < 4.78 is 0. The zero-order valence-electron chi connectivity index (χ0n) is 19.5. The fraction of sp³-hybridized carbons (Fsp3) is 0.400. The molecule has 5 nitrogen and oxygen atoms in total. The van der Waals surface area contributed by atoms with Gasteiger partial charge in [-0.2, -0.15) is 0 Å². The first-order chi connectivity index (χ1) is 14.1. The van der Waals surface area contributed by atoms with Crippen molar-refractivity contribution in [1.82, 2.24) is 19.8 Å². The molecule has 0 saturated heterocycles. The smallest absolute Gasteiger partial charge is 0.147 e. The second-order valence-corrected chi connectivity index (χ2v) is 8.31. The topological polar surface area (TPSA) is 49.3 Å². The lowest BCUT2D eigenvalue weighted by atomic mass is 9.81. The number of rotatable bonds is 8. The molecule has 30 heavy (non-hydrogen) atoms. The van der Waals surface area contributed by atoms with E-state index in [1.54, 1.807) is 12.4 Å². The van der Waals surface area contributed by atoms with Gasteiger partial charge in [-0.05, 0) is 60.4 Å². The fourth-order valence-corrected chi connectivity index (χ4v) is 3.56. The highest BCUT2D eigenvalue weighted by Gasteiger charge is 2.28. The van der Waals surface area contributed by atoms with Gasteiger partial charge in [0, 0.05) is 76.2 Å². The number of ketones is 1. The molecule has 0 aliphatic rings. The summed E-state index contributed by atoms with van der Waals surface area (Å²) in [5.74, 6) is -0.351. The first kappa shape index (κ1) is 23.3. The maximum atomic E-state index is 13.7. The summed E-state index contributed by atoms with van der Waals surface area (Å²) in [6, 6.07) is 8.01. The summed E-state index contributed by atoms with van der Waals surface area (Å²) in [5, 5.41) is 0. The van der Waals surface area contributed by atoms with E-state index in [1.807, 2.05) is 102 Å². The second kappa shape index (κ2) is 10.2. The maximum Gasteiger partial charge on any atom is 0.147 e. The molecule has 0 radical (unpaired) electrons. The summed E-state index contributed by atoms with van der Waals surface area (Å²) in [4.78, 5) is 26.2. The van der Waals surface area contributed by atoms with Crippen LogP contribution >= 0.6 is 0 Å². The lowest BCUT2D eigenvalue weighted by molar-refractivity contribution is -0.122. The third-order valence-corrected chi connectivity index (χ3v) is 5.04. The molecule has 2 rings (SSSR count). The molecule has 5 heteroatoms. The first-order valence-corrected chi connectivity index (χ1v) is 10.3. The van der Waals surface area contributed by atoms with Gasteiger partial charge in [0.15, 0.2) is 0 Å². The van der Waals surface area contributed by atoms with E-state index in [4.69, 9.17) is 0 Å². The van der Waals surface area contributed by atoms with Crippen LogP contribution in [0, 0.1) is 25.7 Å². The van der Waals surface area contributed by atoms with Crippen molar-refractivity contribution in [2.24, 2.45) is 11.8 Å². The molecule has 0 aromatic carbocycles. The number of hydrogen-bond acceptors (Lipinski definition) is 5. The quantitative estimate of drug-likeness (QED) is 0.649. The molecule has 0 aliphatic heterocycles. The molecule has 0 amide bonds. The summed E-state index contributed by atoms with van der Waals surface area (Å²) in [6.45, 7) is 7.93. The zero-order chi connectivity index (χ0) is 22.4. The van der Waals surface area contributed by atoms with Crippen molar-refractivity contribution < 1.29 is 4.79 Å². The van der Waals surface area contributed by atoms with Gasteiger partial charge in [-0.3, -0.25) is 14.8 Å². The van der Waals surface area contributed by atoms with Crippen LogP contribution in [-0.4, -0.2) is 53.7 Å². The Morgan fingerprint density at radius 1 is 0.800 bits per heavy atom. The molecule has 0 N–H and O–H groups in total. The predicted molar refractivity (Wildman–Crippen MR) is 125 cm³/mol. The van der Waals surface area contributed by atoms with Crippen molar-refractivity contribution in [1.29, 1.82) is 0 Å². The van der Waals surface area contributed by atoms with Crippen LogP contribution in [0.15, 0.2) is 49.1 Å². The van der Waals surface area contributed by atoms with E-state index in [0.29, 0.717) is 0 Å². The monoisotopic (exact) mass is 406 g/mol. The molecule has 160 valence electrons. The van der Waals surface area contributed by atoms with Gasteiger partial charge in [-0.15, -0.1) is 0 Å². The van der Waals surface area contributed by atoms with E-state index in [2.05, 4.69) is 9.97 Å². The minimum atomic E-state index is -0.266. The minimum Gasteiger partial charge on any atom is -0.383 e. The van der Waals surface area contributed by atoms with E-state index < -0.39 is 0 Å². The van der Waals surface area contributed by atoms with Crippen molar-refractivity contribution in [3.8, 4) is 0 Å². The normalized spacial score (nSPS) is 14.3. The maximum absolute atomic E-state index is 13.7. The van der Waals surface area contributed by atoms with Crippen molar-refractivity contribution in [3.63, 3.8) is 0 Å². The Bertz CT molecular complexity index is 868. The highest BCUT2D eigenvalue weighted by Crippen LogP contribution is 2.32. The van der Waals surface area contributed by atoms with Crippen molar-refractivity contribution in [2.75, 3.05) is 28.2 Å². The summed E-state index contributed by atoms with van der Waals surface area (Å²) in [5.41, 5.74) is 5.93. The number of nitrogens with zero attached hydrogens (tertiary/aromatic N) is 4. The van der Waals surface area contributed by atoms with Crippen LogP contribution in [-0.2, 0) is 4.79 Å². The van der Waals surface area contributed by atoms with E-state index >= 15 is 0 Å². The molecule has 2 atom stereocenters. The number of aromatic nitrogens is 2. The van der Waals surface area contributed by atoms with E-state index in [0.717, 1.165) is 33.7 Å². The predicted octanol–water partition coefficient (Wildman–Crippen LogP) is 4.44. The highest BCUT2D eigenvalue weighted by atomic mass is 16.1. The van der Waals surface area contributed by atoms with Crippen molar-refractivity contribution in [2.45, 2.75) is 27.7 Å². The third kappa shape index (κ3) is 6.02. The number of carbonyl (C=O) groups is 1. The largest absolute Gasteiger partial charge is 0.383 e. The van der Waals surface area contributed by atoms with Gasteiger partial charge in [0.2, 0.25) is 0 Å². The van der Waals surface area contributed by atoms with Crippen LogP contribution in [0.1, 0.15) is 36.4 Å². The standard InChI is InChI=1S/C25H34N4O/c1-17-13-21(9-11-26-17)23(15-28(5)6)19(3)25(30)20(4)24(16-29(7)8)22-10-12-27-18(2)14-22/h9-16,19-20H,1-8H3. The average Bonchev–Trinajstić information content (AvgIpc) is 2.68. The SMILES string of the molecule is Cc1cc(C(=CN(C)C)C(C)C(=O)C(C)C(=CN(C)C)c2ccnc(C)c2)ccn1. The lowest BCUT2D eigenvalue weighted by Gasteiger charge is -2.24. The Labute approximate surface area is 181 Å². The molecule has 2 aromatic heterocycles. The first-order valence-electron chi connectivity index (χ1n) is 10.3. The van der Waals surface area contributed by atoms with Gasteiger partial charge in [0.1, 0.15) is 5.78 Å². The van der Waals surface area contributed by atoms with E-state index in [1.165, 1.54) is 0 Å². The Hall–Kier alpha value is -2.95. The second-order valence-electron chi connectivity index (χ2n) is 8.31. The number of pyridine rings is 2. The Morgan fingerprint density at radius 2 is 1.17 bits per heavy atom. The lowest BCUT2D eigenvalue weighted by Crippen LogP contribution is -2.24. The molecule has 0 aliphatic carbocycles. The van der Waals surface area contributed by atoms with Gasteiger partial charge >= 0.3 is 0 Å². The molecule has 2 heterocycles. The molecule has 0 fully saturated rings. The molecule has 0 saturated carbocycles. The molecule has 2 aromatic rings. The van der Waals surface area contributed by atoms with E-state index in [-0.39, 0.29) is 17.6 Å². The number of carbonyl (C=O) groups excluding carboxylic acids is 1. The summed E-state index contributed by atoms with van der Waals surface area (Å²) >= 11 is 0. The van der Waals surface area contributed by atoms with Crippen LogP contribution < -0.4 is 0 Å². The molecule has 0 spiro atoms. The van der Waals surface area contributed by atoms with Crippen LogP contribution in [0.25, 0.3) is 11.1 Å². The Balaban J connectivity index is 2.45. The van der Waals surface area contributed by atoms with Crippen LogP contribution in [0.4, 0.5) is 0 Å².